The van der Waals surface area contributed by atoms with Crippen molar-refractivity contribution in [2.24, 2.45) is 0 Å². The zero-order chi connectivity index (χ0) is 28.6. The highest BCUT2D eigenvalue weighted by Crippen LogP contribution is 2.26. The third kappa shape index (κ3) is 7.69. The molecule has 1 atom stereocenters. The summed E-state index contributed by atoms with van der Waals surface area (Å²) in [5, 5.41) is 2.86. The number of anilines is 1. The number of aryl methyl sites for hydroxylation is 3. The van der Waals surface area contributed by atoms with E-state index < -0.39 is 28.5 Å². The van der Waals surface area contributed by atoms with Crippen molar-refractivity contribution in [2.75, 3.05) is 23.9 Å². The van der Waals surface area contributed by atoms with Crippen molar-refractivity contribution >= 4 is 27.5 Å². The van der Waals surface area contributed by atoms with Gasteiger partial charge in [-0.25, -0.2) is 8.42 Å². The number of amides is 2. The second-order valence-electron chi connectivity index (χ2n) is 9.88. The smallest absolute Gasteiger partial charge is 0.264 e. The summed E-state index contributed by atoms with van der Waals surface area (Å²) in [6, 6.07) is 20.9. The van der Waals surface area contributed by atoms with Crippen LogP contribution in [-0.2, 0) is 26.0 Å². The summed E-state index contributed by atoms with van der Waals surface area (Å²) in [6.07, 6.45) is 1.30. The largest absolute Gasteiger partial charge is 0.354 e. The van der Waals surface area contributed by atoms with Crippen molar-refractivity contribution in [3.63, 3.8) is 0 Å². The lowest BCUT2D eigenvalue weighted by atomic mass is 10.1. The molecule has 3 aromatic carbocycles. The molecule has 208 valence electrons. The molecule has 3 aromatic rings. The standard InChI is InChI=1S/C31H39N3O4S/c1-6-19-32-31(36)26(5)33(20-18-27-10-8-7-9-11-27)30(35)22-34(28-15-14-24(3)25(4)21-28)39(37,38)29-16-12-23(2)13-17-29/h7-17,21,26H,6,18-20,22H2,1-5H3,(H,32,36)/t26-/m0/s1. The number of benzene rings is 3. The average Bonchev–Trinajstić information content (AvgIpc) is 2.92. The molecule has 0 aromatic heterocycles. The van der Waals surface area contributed by atoms with Crippen LogP contribution in [0.3, 0.4) is 0 Å². The third-order valence-corrected chi connectivity index (χ3v) is 8.66. The van der Waals surface area contributed by atoms with Crippen LogP contribution in [0.5, 0.6) is 0 Å². The van der Waals surface area contributed by atoms with Gasteiger partial charge in [0, 0.05) is 13.1 Å². The molecule has 8 heteroatoms. The van der Waals surface area contributed by atoms with Crippen LogP contribution in [0.1, 0.15) is 42.5 Å². The SMILES string of the molecule is CCCNC(=O)[C@H](C)N(CCc1ccccc1)C(=O)CN(c1ccc(C)c(C)c1)S(=O)(=O)c1ccc(C)cc1. The van der Waals surface area contributed by atoms with Gasteiger partial charge in [0.1, 0.15) is 12.6 Å². The van der Waals surface area contributed by atoms with Crippen molar-refractivity contribution in [1.29, 1.82) is 0 Å². The molecule has 0 spiro atoms. The fraction of sp³-hybridized carbons (Fsp3) is 0.355. The molecular weight excluding hydrogens is 510 g/mol. The molecule has 0 aliphatic heterocycles. The van der Waals surface area contributed by atoms with Crippen molar-refractivity contribution in [3.05, 3.63) is 95.1 Å². The highest BCUT2D eigenvalue weighted by Gasteiger charge is 2.32. The Bertz CT molecular complexity index is 1370. The van der Waals surface area contributed by atoms with E-state index >= 15 is 0 Å². The minimum Gasteiger partial charge on any atom is -0.354 e. The van der Waals surface area contributed by atoms with Gasteiger partial charge in [0.05, 0.1) is 10.6 Å². The fourth-order valence-electron chi connectivity index (χ4n) is 4.21. The maximum absolute atomic E-state index is 13.9. The Labute approximate surface area is 232 Å². The predicted octanol–water partition coefficient (Wildman–Crippen LogP) is 4.79. The van der Waals surface area contributed by atoms with Gasteiger partial charge in [0.25, 0.3) is 10.0 Å². The minimum absolute atomic E-state index is 0.101. The van der Waals surface area contributed by atoms with Crippen LogP contribution < -0.4 is 9.62 Å². The molecule has 0 aliphatic rings. The van der Waals surface area contributed by atoms with Crippen molar-refractivity contribution in [2.45, 2.75) is 58.4 Å². The van der Waals surface area contributed by atoms with E-state index in [4.69, 9.17) is 0 Å². The number of sulfonamides is 1. The normalized spacial score (nSPS) is 12.0. The lowest BCUT2D eigenvalue weighted by Crippen LogP contribution is -2.52. The van der Waals surface area contributed by atoms with Gasteiger partial charge < -0.3 is 10.2 Å². The summed E-state index contributed by atoms with van der Waals surface area (Å²) in [6.45, 7) is 9.73. The van der Waals surface area contributed by atoms with Crippen LogP contribution in [0.4, 0.5) is 5.69 Å². The van der Waals surface area contributed by atoms with Crippen LogP contribution in [-0.4, -0.2) is 50.8 Å². The Kier molecular flexibility index (Phi) is 10.3. The van der Waals surface area contributed by atoms with Gasteiger partial charge in [0.15, 0.2) is 0 Å². The molecule has 0 bridgehead atoms. The molecule has 0 aliphatic carbocycles. The maximum Gasteiger partial charge on any atom is 0.264 e. The molecular formula is C31H39N3O4S. The van der Waals surface area contributed by atoms with E-state index in [1.165, 1.54) is 4.90 Å². The number of carbonyl (C=O) groups excluding carboxylic acids is 2. The first-order valence-electron chi connectivity index (χ1n) is 13.3. The maximum atomic E-state index is 13.9. The Morgan fingerprint density at radius 3 is 2.18 bits per heavy atom. The summed E-state index contributed by atoms with van der Waals surface area (Å²) in [5.74, 6) is -0.712. The van der Waals surface area contributed by atoms with Crippen LogP contribution >= 0.6 is 0 Å². The molecule has 1 N–H and O–H groups in total. The first kappa shape index (κ1) is 29.9. The Morgan fingerprint density at radius 1 is 0.897 bits per heavy atom. The second kappa shape index (κ2) is 13.4. The molecule has 39 heavy (non-hydrogen) atoms. The monoisotopic (exact) mass is 549 g/mol. The zero-order valence-corrected chi connectivity index (χ0v) is 24.3. The third-order valence-electron chi connectivity index (χ3n) is 6.87. The molecule has 7 nitrogen and oxygen atoms in total. The lowest BCUT2D eigenvalue weighted by molar-refractivity contribution is -0.138. The van der Waals surface area contributed by atoms with E-state index in [-0.39, 0.29) is 17.3 Å². The van der Waals surface area contributed by atoms with Crippen LogP contribution in [0, 0.1) is 20.8 Å². The highest BCUT2D eigenvalue weighted by atomic mass is 32.2. The van der Waals surface area contributed by atoms with Crippen LogP contribution in [0.25, 0.3) is 0 Å². The summed E-state index contributed by atoms with van der Waals surface area (Å²) in [5.41, 5.74) is 4.29. The Morgan fingerprint density at radius 2 is 1.56 bits per heavy atom. The van der Waals surface area contributed by atoms with Crippen molar-refractivity contribution in [1.82, 2.24) is 10.2 Å². The molecule has 0 saturated carbocycles. The van der Waals surface area contributed by atoms with Gasteiger partial charge in [-0.15, -0.1) is 0 Å². The summed E-state index contributed by atoms with van der Waals surface area (Å²) >= 11 is 0. The van der Waals surface area contributed by atoms with E-state index in [2.05, 4.69) is 5.32 Å². The highest BCUT2D eigenvalue weighted by molar-refractivity contribution is 7.92. The quantitative estimate of drug-likeness (QED) is 0.352. The van der Waals surface area contributed by atoms with Crippen molar-refractivity contribution in [3.8, 4) is 0 Å². The van der Waals surface area contributed by atoms with E-state index in [0.29, 0.717) is 18.7 Å². The average molecular weight is 550 g/mol. The number of hydrogen-bond acceptors (Lipinski definition) is 4. The number of nitrogens with one attached hydrogen (secondary N) is 1. The van der Waals surface area contributed by atoms with E-state index in [0.717, 1.165) is 33.0 Å². The van der Waals surface area contributed by atoms with Gasteiger partial charge in [0.2, 0.25) is 11.8 Å². The molecule has 0 unspecified atom stereocenters. The topological polar surface area (TPSA) is 86.8 Å². The number of carbonyl (C=O) groups is 2. The fourth-order valence-corrected chi connectivity index (χ4v) is 5.62. The first-order valence-corrected chi connectivity index (χ1v) is 14.8. The van der Waals surface area contributed by atoms with Gasteiger partial charge >= 0.3 is 0 Å². The van der Waals surface area contributed by atoms with Gasteiger partial charge in [-0.3, -0.25) is 13.9 Å². The van der Waals surface area contributed by atoms with E-state index in [1.807, 2.05) is 64.1 Å². The van der Waals surface area contributed by atoms with Gasteiger partial charge in [-0.05, 0) is 81.5 Å². The number of rotatable bonds is 12. The van der Waals surface area contributed by atoms with Crippen LogP contribution in [0.15, 0.2) is 77.7 Å². The number of hydrogen-bond donors (Lipinski definition) is 1. The van der Waals surface area contributed by atoms with E-state index in [1.54, 1.807) is 43.3 Å². The molecule has 0 saturated heterocycles. The van der Waals surface area contributed by atoms with Gasteiger partial charge in [-0.2, -0.15) is 0 Å². The molecule has 0 fully saturated rings. The van der Waals surface area contributed by atoms with Gasteiger partial charge in [-0.1, -0.05) is 61.0 Å². The summed E-state index contributed by atoms with van der Waals surface area (Å²) < 4.78 is 28.9. The van der Waals surface area contributed by atoms with Crippen molar-refractivity contribution < 1.29 is 18.0 Å². The first-order chi connectivity index (χ1) is 18.5. The minimum atomic E-state index is -4.07. The molecule has 0 heterocycles. The summed E-state index contributed by atoms with van der Waals surface area (Å²) in [7, 11) is -4.07. The number of nitrogens with zero attached hydrogens (tertiary/aromatic N) is 2. The molecule has 0 radical (unpaired) electrons. The molecule has 2 amide bonds. The summed E-state index contributed by atoms with van der Waals surface area (Å²) in [4.78, 5) is 28.4. The lowest BCUT2D eigenvalue weighted by Gasteiger charge is -2.32. The van der Waals surface area contributed by atoms with E-state index in [9.17, 15) is 18.0 Å². The Balaban J connectivity index is 1.99. The Hall–Kier alpha value is -3.65. The second-order valence-corrected chi connectivity index (χ2v) is 11.7. The zero-order valence-electron chi connectivity index (χ0n) is 23.5. The molecule has 3 rings (SSSR count). The van der Waals surface area contributed by atoms with Crippen LogP contribution in [0.2, 0.25) is 0 Å². The predicted molar refractivity (Wildman–Crippen MR) is 156 cm³/mol.